The molecule has 154 valence electrons. The minimum atomic E-state index is -3.66. The molecule has 0 atom stereocenters. The van der Waals surface area contributed by atoms with Crippen LogP contribution in [0.25, 0.3) is 0 Å². The summed E-state index contributed by atoms with van der Waals surface area (Å²) >= 11 is 0. The number of ether oxygens (including phenoxy) is 1. The van der Waals surface area contributed by atoms with Gasteiger partial charge in [0.25, 0.3) is 0 Å². The lowest BCUT2D eigenvalue weighted by Gasteiger charge is -2.37. The number of carbonyl (C=O) groups excluding carboxylic acids is 1. The maximum atomic E-state index is 13.0. The van der Waals surface area contributed by atoms with E-state index in [2.05, 4.69) is 16.9 Å². The second-order valence-corrected chi connectivity index (χ2v) is 9.56. The first kappa shape index (κ1) is 20.1. The van der Waals surface area contributed by atoms with Gasteiger partial charge in [-0.3, -0.25) is 4.79 Å². The van der Waals surface area contributed by atoms with Gasteiger partial charge in [-0.2, -0.15) is 0 Å². The SMILES string of the molecule is CC(=O)N1CCc2cc(S(=O)(=O)NCC3(c4ccccc4)CCOCC3)ccc21. The third kappa shape index (κ3) is 3.95. The van der Waals surface area contributed by atoms with Gasteiger partial charge in [0.2, 0.25) is 15.9 Å². The highest BCUT2D eigenvalue weighted by Gasteiger charge is 2.36. The largest absolute Gasteiger partial charge is 0.381 e. The zero-order valence-electron chi connectivity index (χ0n) is 16.6. The van der Waals surface area contributed by atoms with Crippen molar-refractivity contribution in [1.29, 1.82) is 0 Å². The average Bonchev–Trinajstić information content (AvgIpc) is 3.17. The van der Waals surface area contributed by atoms with E-state index in [0.29, 0.717) is 32.7 Å². The summed E-state index contributed by atoms with van der Waals surface area (Å²) in [6.07, 6.45) is 2.22. The molecule has 0 unspecified atom stereocenters. The number of sulfonamides is 1. The molecular weight excluding hydrogens is 388 g/mol. The van der Waals surface area contributed by atoms with Crippen LogP contribution in [0.2, 0.25) is 0 Å². The molecule has 0 bridgehead atoms. The quantitative estimate of drug-likeness (QED) is 0.816. The summed E-state index contributed by atoms with van der Waals surface area (Å²) in [5, 5.41) is 0. The highest BCUT2D eigenvalue weighted by atomic mass is 32.2. The Hall–Kier alpha value is -2.22. The Morgan fingerprint density at radius 2 is 1.86 bits per heavy atom. The Labute approximate surface area is 171 Å². The van der Waals surface area contributed by atoms with Gasteiger partial charge in [-0.15, -0.1) is 0 Å². The summed E-state index contributed by atoms with van der Waals surface area (Å²) in [5.41, 5.74) is 2.57. The zero-order chi connectivity index (χ0) is 20.5. The first-order chi connectivity index (χ1) is 13.9. The van der Waals surface area contributed by atoms with E-state index >= 15 is 0 Å². The number of fused-ring (bicyclic) bond motifs is 1. The fraction of sp³-hybridized carbons (Fsp3) is 0.409. The first-order valence-electron chi connectivity index (χ1n) is 9.95. The Morgan fingerprint density at radius 3 is 2.55 bits per heavy atom. The maximum absolute atomic E-state index is 13.0. The molecule has 0 saturated carbocycles. The Bertz CT molecular complexity index is 999. The fourth-order valence-electron chi connectivity index (χ4n) is 4.31. The van der Waals surface area contributed by atoms with E-state index in [-0.39, 0.29) is 16.2 Å². The van der Waals surface area contributed by atoms with Crippen LogP contribution in [0.3, 0.4) is 0 Å². The summed E-state index contributed by atoms with van der Waals surface area (Å²) in [6, 6.07) is 15.1. The van der Waals surface area contributed by atoms with Crippen molar-refractivity contribution in [1.82, 2.24) is 4.72 Å². The Morgan fingerprint density at radius 1 is 1.14 bits per heavy atom. The number of nitrogens with zero attached hydrogens (tertiary/aromatic N) is 1. The van der Waals surface area contributed by atoms with Crippen LogP contribution in [0.4, 0.5) is 5.69 Å². The highest BCUT2D eigenvalue weighted by molar-refractivity contribution is 7.89. The topological polar surface area (TPSA) is 75.7 Å². The third-order valence-electron chi connectivity index (χ3n) is 6.07. The standard InChI is InChI=1S/C22H26N2O4S/c1-17(25)24-12-9-18-15-20(7-8-21(18)24)29(26,27)23-16-22(10-13-28-14-11-22)19-5-3-2-4-6-19/h2-8,15,23H,9-14,16H2,1H3. The van der Waals surface area contributed by atoms with Gasteiger partial charge < -0.3 is 9.64 Å². The van der Waals surface area contributed by atoms with Crippen molar-refractivity contribution >= 4 is 21.6 Å². The van der Waals surface area contributed by atoms with Crippen molar-refractivity contribution < 1.29 is 17.9 Å². The normalized spacial score (nSPS) is 18.4. The summed E-state index contributed by atoms with van der Waals surface area (Å²) in [4.78, 5) is 13.7. The number of benzene rings is 2. The highest BCUT2D eigenvalue weighted by Crippen LogP contribution is 2.35. The van der Waals surface area contributed by atoms with Gasteiger partial charge in [0.15, 0.2) is 0 Å². The van der Waals surface area contributed by atoms with Crippen molar-refractivity contribution in [3.8, 4) is 0 Å². The molecule has 0 spiro atoms. The molecule has 2 heterocycles. The van der Waals surface area contributed by atoms with Crippen molar-refractivity contribution in [3.63, 3.8) is 0 Å². The second kappa shape index (κ2) is 7.89. The van der Waals surface area contributed by atoms with Crippen molar-refractivity contribution in [3.05, 3.63) is 59.7 Å². The second-order valence-electron chi connectivity index (χ2n) is 7.79. The molecule has 2 aliphatic heterocycles. The fourth-order valence-corrected chi connectivity index (χ4v) is 5.49. The molecule has 1 amide bonds. The number of nitrogens with one attached hydrogen (secondary N) is 1. The molecule has 7 heteroatoms. The van der Waals surface area contributed by atoms with Crippen LogP contribution in [-0.2, 0) is 31.4 Å². The lowest BCUT2D eigenvalue weighted by molar-refractivity contribution is -0.116. The molecule has 1 saturated heterocycles. The van der Waals surface area contributed by atoms with Crippen molar-refractivity contribution in [2.75, 3.05) is 31.2 Å². The van der Waals surface area contributed by atoms with Crippen LogP contribution in [0.15, 0.2) is 53.4 Å². The summed E-state index contributed by atoms with van der Waals surface area (Å²) in [7, 11) is -3.66. The number of anilines is 1. The van der Waals surface area contributed by atoms with Gasteiger partial charge in [0.05, 0.1) is 4.90 Å². The Balaban J connectivity index is 1.56. The molecule has 29 heavy (non-hydrogen) atoms. The molecule has 2 aliphatic rings. The van der Waals surface area contributed by atoms with Crippen LogP contribution in [-0.4, -0.2) is 40.6 Å². The van der Waals surface area contributed by atoms with E-state index in [9.17, 15) is 13.2 Å². The molecule has 4 rings (SSSR count). The molecule has 6 nitrogen and oxygen atoms in total. The van der Waals surface area contributed by atoms with E-state index in [0.717, 1.165) is 29.7 Å². The van der Waals surface area contributed by atoms with Crippen LogP contribution in [0.5, 0.6) is 0 Å². The van der Waals surface area contributed by atoms with Gasteiger partial charge in [-0.25, -0.2) is 13.1 Å². The molecule has 2 aromatic rings. The minimum absolute atomic E-state index is 0.0261. The predicted molar refractivity (Wildman–Crippen MR) is 112 cm³/mol. The zero-order valence-corrected chi connectivity index (χ0v) is 17.4. The molecule has 0 radical (unpaired) electrons. The number of amides is 1. The Kier molecular flexibility index (Phi) is 5.46. The van der Waals surface area contributed by atoms with E-state index in [1.165, 1.54) is 6.92 Å². The molecule has 1 N–H and O–H groups in total. The summed E-state index contributed by atoms with van der Waals surface area (Å²) in [6.45, 7) is 3.70. The smallest absolute Gasteiger partial charge is 0.240 e. The van der Waals surface area contributed by atoms with Crippen molar-refractivity contribution in [2.45, 2.75) is 36.5 Å². The van der Waals surface area contributed by atoms with E-state index in [4.69, 9.17) is 4.74 Å². The molecular formula is C22H26N2O4S. The summed E-state index contributed by atoms with van der Waals surface area (Å²) in [5.74, 6) is -0.0261. The van der Waals surface area contributed by atoms with E-state index < -0.39 is 10.0 Å². The third-order valence-corrected chi connectivity index (χ3v) is 7.47. The number of carbonyl (C=O) groups is 1. The first-order valence-corrected chi connectivity index (χ1v) is 11.4. The van der Waals surface area contributed by atoms with E-state index in [1.807, 2.05) is 18.2 Å². The van der Waals surface area contributed by atoms with Crippen molar-refractivity contribution in [2.24, 2.45) is 0 Å². The molecule has 0 aliphatic carbocycles. The van der Waals surface area contributed by atoms with Crippen LogP contribution in [0.1, 0.15) is 30.9 Å². The number of hydrogen-bond acceptors (Lipinski definition) is 4. The molecule has 1 fully saturated rings. The van der Waals surface area contributed by atoms with Gasteiger partial charge >= 0.3 is 0 Å². The summed E-state index contributed by atoms with van der Waals surface area (Å²) < 4.78 is 34.5. The van der Waals surface area contributed by atoms with E-state index in [1.54, 1.807) is 23.1 Å². The lowest BCUT2D eigenvalue weighted by atomic mass is 9.74. The maximum Gasteiger partial charge on any atom is 0.240 e. The van der Waals surface area contributed by atoms with Crippen LogP contribution < -0.4 is 9.62 Å². The van der Waals surface area contributed by atoms with Gasteiger partial charge in [0, 0.05) is 44.3 Å². The minimum Gasteiger partial charge on any atom is -0.381 e. The predicted octanol–water partition coefficient (Wildman–Crippen LogP) is 2.62. The lowest BCUT2D eigenvalue weighted by Crippen LogP contribution is -2.44. The number of hydrogen-bond donors (Lipinski definition) is 1. The average molecular weight is 415 g/mol. The molecule has 0 aromatic heterocycles. The van der Waals surface area contributed by atoms with Crippen LogP contribution in [0, 0.1) is 0 Å². The van der Waals surface area contributed by atoms with Gasteiger partial charge in [-0.1, -0.05) is 30.3 Å². The number of rotatable bonds is 5. The molecule has 2 aromatic carbocycles. The van der Waals surface area contributed by atoms with Gasteiger partial charge in [-0.05, 0) is 48.6 Å². The van der Waals surface area contributed by atoms with Gasteiger partial charge in [0.1, 0.15) is 0 Å². The van der Waals surface area contributed by atoms with Crippen LogP contribution >= 0.6 is 0 Å². The monoisotopic (exact) mass is 414 g/mol.